The van der Waals surface area contributed by atoms with E-state index in [4.69, 9.17) is 5.11 Å². The molecule has 2 aromatic heterocycles. The van der Waals surface area contributed by atoms with Crippen LogP contribution in [0.5, 0.6) is 0 Å². The average molecular weight is 332 g/mol. The van der Waals surface area contributed by atoms with Crippen LogP contribution in [-0.4, -0.2) is 33.0 Å². The van der Waals surface area contributed by atoms with E-state index in [-0.39, 0.29) is 23.8 Å². The van der Waals surface area contributed by atoms with Crippen LogP contribution in [0.15, 0.2) is 6.33 Å². The molecule has 3 rings (SSSR count). The van der Waals surface area contributed by atoms with E-state index < -0.39 is 0 Å². The van der Waals surface area contributed by atoms with Crippen molar-refractivity contribution in [1.29, 1.82) is 0 Å². The van der Waals surface area contributed by atoms with Crippen LogP contribution in [0, 0.1) is 0 Å². The van der Waals surface area contributed by atoms with E-state index >= 15 is 0 Å². The Labute approximate surface area is 132 Å². The van der Waals surface area contributed by atoms with Crippen LogP contribution in [0.25, 0.3) is 10.2 Å². The fourth-order valence-electron chi connectivity index (χ4n) is 2.39. The Hall–Kier alpha value is -0.560. The molecule has 4 nitrogen and oxygen atoms in total. The summed E-state index contributed by atoms with van der Waals surface area (Å²) in [7, 11) is 0. The first-order valence-corrected chi connectivity index (χ1v) is 8.15. The third-order valence-electron chi connectivity index (χ3n) is 3.27. The Morgan fingerprint density at radius 1 is 1.40 bits per heavy atom. The topological polar surface area (TPSA) is 58.0 Å². The molecule has 7 heteroatoms. The van der Waals surface area contributed by atoms with Crippen LogP contribution in [-0.2, 0) is 12.2 Å². The smallest absolute Gasteiger partial charge is 0.138 e. The van der Waals surface area contributed by atoms with Crippen molar-refractivity contribution < 1.29 is 5.11 Å². The van der Waals surface area contributed by atoms with Gasteiger partial charge in [-0.05, 0) is 12.0 Å². The van der Waals surface area contributed by atoms with Crippen molar-refractivity contribution in [2.45, 2.75) is 30.8 Å². The summed E-state index contributed by atoms with van der Waals surface area (Å²) in [5.74, 6) is 1.92. The first-order chi connectivity index (χ1) is 9.11. The van der Waals surface area contributed by atoms with Gasteiger partial charge in [0.25, 0.3) is 0 Å². The van der Waals surface area contributed by atoms with E-state index in [2.05, 4.69) is 29.1 Å². The minimum absolute atomic E-state index is 0. The van der Waals surface area contributed by atoms with Gasteiger partial charge in [0.15, 0.2) is 0 Å². The number of nitrogens with zero attached hydrogens (tertiary/aromatic N) is 2. The minimum Gasteiger partial charge on any atom is -0.395 e. The second-order valence-corrected chi connectivity index (χ2v) is 8.05. The number of nitrogens with one attached hydrogen (secondary N) is 1. The summed E-state index contributed by atoms with van der Waals surface area (Å²) in [5.41, 5.74) is 1.39. The molecule has 0 amide bonds. The molecule has 0 saturated heterocycles. The maximum Gasteiger partial charge on any atom is 0.138 e. The van der Waals surface area contributed by atoms with Gasteiger partial charge in [-0.3, -0.25) is 0 Å². The van der Waals surface area contributed by atoms with Crippen molar-refractivity contribution in [3.63, 3.8) is 0 Å². The first-order valence-electron chi connectivity index (χ1n) is 6.35. The van der Waals surface area contributed by atoms with E-state index in [9.17, 15) is 0 Å². The quantitative estimate of drug-likeness (QED) is 0.905. The lowest BCUT2D eigenvalue weighted by atomic mass is 9.99. The molecule has 0 aliphatic carbocycles. The molecule has 1 aliphatic rings. The summed E-state index contributed by atoms with van der Waals surface area (Å²) in [6.07, 6.45) is 2.65. The lowest BCUT2D eigenvalue weighted by Crippen LogP contribution is -2.22. The van der Waals surface area contributed by atoms with Gasteiger partial charge < -0.3 is 10.4 Å². The maximum absolute atomic E-state index is 8.97. The molecule has 1 aliphatic heterocycles. The van der Waals surface area contributed by atoms with Gasteiger partial charge in [0.2, 0.25) is 0 Å². The maximum atomic E-state index is 8.97. The fraction of sp³-hybridized carbons (Fsp3) is 0.538. The highest BCUT2D eigenvalue weighted by Gasteiger charge is 2.30. The Kier molecular flexibility index (Phi) is 4.79. The molecule has 0 saturated carbocycles. The van der Waals surface area contributed by atoms with Crippen molar-refractivity contribution in [2.75, 3.05) is 18.5 Å². The van der Waals surface area contributed by atoms with Gasteiger partial charge >= 0.3 is 0 Å². The summed E-state index contributed by atoms with van der Waals surface area (Å²) in [6.45, 7) is 5.21. The third kappa shape index (κ3) is 2.88. The lowest BCUT2D eigenvalue weighted by Gasteiger charge is -2.29. The van der Waals surface area contributed by atoms with Gasteiger partial charge in [0, 0.05) is 21.9 Å². The van der Waals surface area contributed by atoms with E-state index in [1.807, 2.05) is 11.8 Å². The Morgan fingerprint density at radius 3 is 2.95 bits per heavy atom. The van der Waals surface area contributed by atoms with Crippen LogP contribution >= 0.6 is 35.5 Å². The molecule has 0 bridgehead atoms. The number of aliphatic hydroxyl groups excluding tert-OH is 1. The van der Waals surface area contributed by atoms with Crippen molar-refractivity contribution in [3.8, 4) is 0 Å². The number of halogens is 1. The molecule has 0 atom stereocenters. The van der Waals surface area contributed by atoms with Crippen molar-refractivity contribution >= 4 is 51.5 Å². The van der Waals surface area contributed by atoms with Gasteiger partial charge in [0.1, 0.15) is 17.0 Å². The number of hydrogen-bond donors (Lipinski definition) is 2. The van der Waals surface area contributed by atoms with Gasteiger partial charge in [-0.1, -0.05) is 13.8 Å². The Balaban J connectivity index is 0.00000147. The number of anilines is 1. The SMILES string of the molecule is CC1(C)Cc2c(sc3ncnc(NCCO)c23)CS1.Cl. The lowest BCUT2D eigenvalue weighted by molar-refractivity contribution is 0.311. The van der Waals surface area contributed by atoms with Gasteiger partial charge in [-0.15, -0.1) is 35.5 Å². The van der Waals surface area contributed by atoms with Crippen molar-refractivity contribution in [2.24, 2.45) is 0 Å². The van der Waals surface area contributed by atoms with Crippen molar-refractivity contribution in [3.05, 3.63) is 16.8 Å². The molecule has 0 fully saturated rings. The molecular formula is C13H18ClN3OS2. The molecule has 20 heavy (non-hydrogen) atoms. The van der Waals surface area contributed by atoms with Gasteiger partial charge in [0.05, 0.1) is 12.0 Å². The molecule has 3 heterocycles. The molecule has 2 aromatic rings. The zero-order valence-corrected chi connectivity index (χ0v) is 13.9. The van der Waals surface area contributed by atoms with E-state index in [0.29, 0.717) is 6.54 Å². The van der Waals surface area contributed by atoms with Crippen LogP contribution < -0.4 is 5.32 Å². The van der Waals surface area contributed by atoms with Crippen LogP contribution in [0.3, 0.4) is 0 Å². The molecule has 0 radical (unpaired) electrons. The predicted molar refractivity (Wildman–Crippen MR) is 89.3 cm³/mol. The number of rotatable bonds is 3. The van der Waals surface area contributed by atoms with Crippen LogP contribution in [0.1, 0.15) is 24.3 Å². The Bertz CT molecular complexity index is 615. The molecule has 2 N–H and O–H groups in total. The summed E-state index contributed by atoms with van der Waals surface area (Å²) < 4.78 is 0.269. The van der Waals surface area contributed by atoms with Crippen LogP contribution in [0.4, 0.5) is 5.82 Å². The average Bonchev–Trinajstić information content (AvgIpc) is 2.73. The van der Waals surface area contributed by atoms with Gasteiger partial charge in [-0.2, -0.15) is 0 Å². The number of aliphatic hydroxyl groups is 1. The fourth-order valence-corrected chi connectivity index (χ4v) is 4.69. The second-order valence-electron chi connectivity index (χ2n) is 5.28. The number of fused-ring (bicyclic) bond motifs is 3. The summed E-state index contributed by atoms with van der Waals surface area (Å²) in [5, 5.41) is 13.3. The highest BCUT2D eigenvalue weighted by Crippen LogP contribution is 2.45. The summed E-state index contributed by atoms with van der Waals surface area (Å²) in [6, 6.07) is 0. The molecule has 0 aromatic carbocycles. The number of thiophene rings is 1. The van der Waals surface area contributed by atoms with E-state index in [1.165, 1.54) is 10.4 Å². The monoisotopic (exact) mass is 331 g/mol. The standard InChI is InChI=1S/C13H17N3OS2.ClH/c1-13(2)5-8-9(6-18-13)19-12-10(8)11(14-3-4-17)15-7-16-12;/h7,17H,3-6H2,1-2H3,(H,14,15,16);1H. The number of thioether (sulfide) groups is 1. The zero-order valence-electron chi connectivity index (χ0n) is 11.5. The third-order valence-corrected chi connectivity index (χ3v) is 5.95. The summed E-state index contributed by atoms with van der Waals surface area (Å²) in [4.78, 5) is 11.2. The molecule has 110 valence electrons. The molecular weight excluding hydrogens is 314 g/mol. The molecule has 0 unspecified atom stereocenters. The number of aromatic nitrogens is 2. The number of hydrogen-bond acceptors (Lipinski definition) is 6. The highest BCUT2D eigenvalue weighted by molar-refractivity contribution is 8.00. The van der Waals surface area contributed by atoms with Gasteiger partial charge in [-0.25, -0.2) is 9.97 Å². The van der Waals surface area contributed by atoms with Crippen molar-refractivity contribution in [1.82, 2.24) is 9.97 Å². The Morgan fingerprint density at radius 2 is 2.20 bits per heavy atom. The van der Waals surface area contributed by atoms with E-state index in [1.54, 1.807) is 17.7 Å². The first kappa shape index (κ1) is 15.8. The molecule has 0 spiro atoms. The summed E-state index contributed by atoms with van der Waals surface area (Å²) >= 11 is 3.78. The highest BCUT2D eigenvalue weighted by atomic mass is 35.5. The minimum atomic E-state index is 0. The normalized spacial score (nSPS) is 16.6. The second kappa shape index (κ2) is 6.05. The van der Waals surface area contributed by atoms with Crippen LogP contribution in [0.2, 0.25) is 0 Å². The zero-order chi connectivity index (χ0) is 13.5. The predicted octanol–water partition coefficient (Wildman–Crippen LogP) is 3.09. The largest absolute Gasteiger partial charge is 0.395 e. The van der Waals surface area contributed by atoms with E-state index in [0.717, 1.165) is 28.2 Å².